The van der Waals surface area contributed by atoms with Crippen molar-refractivity contribution < 1.29 is 9.18 Å². The third-order valence-electron chi connectivity index (χ3n) is 4.47. The quantitative estimate of drug-likeness (QED) is 0.626. The highest BCUT2D eigenvalue weighted by Gasteiger charge is 2.21. The molecule has 3 rings (SSSR count). The lowest BCUT2D eigenvalue weighted by Crippen LogP contribution is -2.33. The highest BCUT2D eigenvalue weighted by molar-refractivity contribution is 8.00. The molecule has 0 aliphatic carbocycles. The summed E-state index contributed by atoms with van der Waals surface area (Å²) < 4.78 is 15.0. The van der Waals surface area contributed by atoms with Crippen LogP contribution in [0.1, 0.15) is 36.8 Å². The second-order valence-corrected chi connectivity index (χ2v) is 8.05. The summed E-state index contributed by atoms with van der Waals surface area (Å²) in [7, 11) is 0. The third kappa shape index (κ3) is 4.59. The molecule has 0 saturated carbocycles. The Labute approximate surface area is 168 Å². The lowest BCUT2D eigenvalue weighted by Gasteiger charge is -2.18. The fraction of sp³-hybridized carbons (Fsp3) is 0.286. The van der Waals surface area contributed by atoms with Crippen LogP contribution in [0.4, 0.5) is 4.39 Å². The molecule has 0 unspecified atom stereocenters. The molecule has 7 heteroatoms. The van der Waals surface area contributed by atoms with Crippen LogP contribution in [0.2, 0.25) is 0 Å². The van der Waals surface area contributed by atoms with E-state index >= 15 is 0 Å². The Morgan fingerprint density at radius 2 is 1.68 bits per heavy atom. The predicted octanol–water partition coefficient (Wildman–Crippen LogP) is 4.38. The van der Waals surface area contributed by atoms with Gasteiger partial charge in [0, 0.05) is 5.69 Å². The number of hydrogen-bond donors (Lipinski definition) is 1. The SMILES string of the molecule is Cc1ccc(-n2c(C)nnc2S[C@@H](C)C(=O)N[C@@H](C)c2ccc(F)cc2)cc1. The van der Waals surface area contributed by atoms with E-state index in [1.807, 2.05) is 56.5 Å². The molecule has 3 aromatic rings. The van der Waals surface area contributed by atoms with Crippen LogP contribution in [0.25, 0.3) is 5.69 Å². The number of thioether (sulfide) groups is 1. The zero-order valence-corrected chi connectivity index (χ0v) is 17.1. The van der Waals surface area contributed by atoms with Crippen LogP contribution in [-0.2, 0) is 4.79 Å². The van der Waals surface area contributed by atoms with E-state index in [1.54, 1.807) is 12.1 Å². The van der Waals surface area contributed by atoms with E-state index in [0.717, 1.165) is 17.1 Å². The van der Waals surface area contributed by atoms with Crippen LogP contribution in [0.3, 0.4) is 0 Å². The van der Waals surface area contributed by atoms with Crippen LogP contribution in [0.15, 0.2) is 53.7 Å². The van der Waals surface area contributed by atoms with Crippen LogP contribution in [0, 0.1) is 19.7 Å². The number of aromatic nitrogens is 3. The largest absolute Gasteiger partial charge is 0.349 e. The second kappa shape index (κ2) is 8.56. The Morgan fingerprint density at radius 3 is 2.32 bits per heavy atom. The van der Waals surface area contributed by atoms with E-state index in [2.05, 4.69) is 15.5 Å². The number of benzene rings is 2. The number of aryl methyl sites for hydroxylation is 2. The number of hydrogen-bond acceptors (Lipinski definition) is 4. The van der Waals surface area contributed by atoms with E-state index in [-0.39, 0.29) is 23.0 Å². The summed E-state index contributed by atoms with van der Waals surface area (Å²) in [6.07, 6.45) is 0. The van der Waals surface area contributed by atoms with Crippen molar-refractivity contribution in [2.24, 2.45) is 0 Å². The first-order valence-corrected chi connectivity index (χ1v) is 9.94. The molecule has 0 bridgehead atoms. The molecule has 0 spiro atoms. The minimum absolute atomic E-state index is 0.113. The molecule has 0 aliphatic heterocycles. The van der Waals surface area contributed by atoms with E-state index in [9.17, 15) is 9.18 Å². The van der Waals surface area contributed by atoms with Crippen LogP contribution >= 0.6 is 11.8 Å². The normalized spacial score (nSPS) is 13.2. The first-order chi connectivity index (χ1) is 13.3. The van der Waals surface area contributed by atoms with E-state index in [0.29, 0.717) is 5.16 Å². The third-order valence-corrected chi connectivity index (χ3v) is 5.51. The van der Waals surface area contributed by atoms with Gasteiger partial charge in [0.05, 0.1) is 11.3 Å². The van der Waals surface area contributed by atoms with Crippen molar-refractivity contribution in [2.45, 2.75) is 44.1 Å². The maximum atomic E-state index is 13.1. The molecule has 5 nitrogen and oxygen atoms in total. The lowest BCUT2D eigenvalue weighted by atomic mass is 10.1. The molecule has 0 radical (unpaired) electrons. The fourth-order valence-corrected chi connectivity index (χ4v) is 3.71. The topological polar surface area (TPSA) is 59.8 Å². The molecular formula is C21H23FN4OS. The van der Waals surface area contributed by atoms with Gasteiger partial charge in [0.25, 0.3) is 0 Å². The first-order valence-electron chi connectivity index (χ1n) is 9.06. The monoisotopic (exact) mass is 398 g/mol. The van der Waals surface area contributed by atoms with Gasteiger partial charge in [-0.2, -0.15) is 0 Å². The van der Waals surface area contributed by atoms with E-state index in [4.69, 9.17) is 0 Å². The van der Waals surface area contributed by atoms with Crippen molar-refractivity contribution in [3.05, 3.63) is 71.3 Å². The van der Waals surface area contributed by atoms with Crippen molar-refractivity contribution in [3.8, 4) is 5.69 Å². The molecule has 1 N–H and O–H groups in total. The molecule has 0 saturated heterocycles. The Bertz CT molecular complexity index is 954. The summed E-state index contributed by atoms with van der Waals surface area (Å²) >= 11 is 1.36. The first kappa shape index (κ1) is 20.1. The van der Waals surface area contributed by atoms with Crippen molar-refractivity contribution in [1.82, 2.24) is 20.1 Å². The second-order valence-electron chi connectivity index (χ2n) is 6.74. The van der Waals surface area contributed by atoms with Crippen molar-refractivity contribution in [2.75, 3.05) is 0 Å². The molecule has 1 amide bonds. The molecule has 1 heterocycles. The van der Waals surface area contributed by atoms with Gasteiger partial charge in [-0.3, -0.25) is 9.36 Å². The molecule has 2 atom stereocenters. The number of amides is 1. The number of carbonyl (C=O) groups is 1. The van der Waals surface area contributed by atoms with Gasteiger partial charge < -0.3 is 5.32 Å². The number of rotatable bonds is 6. The Balaban J connectivity index is 1.70. The Hall–Kier alpha value is -2.67. The number of halogens is 1. The summed E-state index contributed by atoms with van der Waals surface area (Å²) in [5.41, 5.74) is 2.99. The standard InChI is InChI=1S/C21H23FN4OS/c1-13-5-11-19(12-6-13)26-16(4)24-25-21(26)28-15(3)20(27)23-14(2)17-7-9-18(22)10-8-17/h5-12,14-15H,1-4H3,(H,23,27)/t14-,15-/m0/s1. The number of carbonyl (C=O) groups excluding carboxylic acids is 1. The highest BCUT2D eigenvalue weighted by atomic mass is 32.2. The predicted molar refractivity (Wildman–Crippen MR) is 109 cm³/mol. The molecule has 0 aliphatic rings. The zero-order valence-electron chi connectivity index (χ0n) is 16.3. The number of nitrogens with zero attached hydrogens (tertiary/aromatic N) is 3. The minimum Gasteiger partial charge on any atom is -0.349 e. The molecule has 146 valence electrons. The van der Waals surface area contributed by atoms with Gasteiger partial charge in [-0.1, -0.05) is 41.6 Å². The van der Waals surface area contributed by atoms with Gasteiger partial charge >= 0.3 is 0 Å². The zero-order chi connectivity index (χ0) is 20.3. The van der Waals surface area contributed by atoms with Crippen molar-refractivity contribution in [3.63, 3.8) is 0 Å². The average Bonchev–Trinajstić information content (AvgIpc) is 3.03. The molecular weight excluding hydrogens is 375 g/mol. The smallest absolute Gasteiger partial charge is 0.233 e. The van der Waals surface area contributed by atoms with Gasteiger partial charge in [-0.25, -0.2) is 4.39 Å². The number of nitrogens with one attached hydrogen (secondary N) is 1. The fourth-order valence-electron chi connectivity index (χ4n) is 2.79. The highest BCUT2D eigenvalue weighted by Crippen LogP contribution is 2.26. The lowest BCUT2D eigenvalue weighted by molar-refractivity contribution is -0.120. The van der Waals surface area contributed by atoms with Gasteiger partial charge in [-0.05, 0) is 57.5 Å². The van der Waals surface area contributed by atoms with E-state index in [1.165, 1.54) is 29.5 Å². The van der Waals surface area contributed by atoms with E-state index < -0.39 is 0 Å². The Morgan fingerprint density at radius 1 is 1.04 bits per heavy atom. The summed E-state index contributed by atoms with van der Waals surface area (Å²) in [6.45, 7) is 7.63. The van der Waals surface area contributed by atoms with Crippen LogP contribution < -0.4 is 5.32 Å². The van der Waals surface area contributed by atoms with Crippen LogP contribution in [0.5, 0.6) is 0 Å². The summed E-state index contributed by atoms with van der Waals surface area (Å²) in [5, 5.41) is 11.7. The van der Waals surface area contributed by atoms with Crippen LogP contribution in [-0.4, -0.2) is 25.9 Å². The van der Waals surface area contributed by atoms with Crippen molar-refractivity contribution in [1.29, 1.82) is 0 Å². The van der Waals surface area contributed by atoms with Gasteiger partial charge in [0.2, 0.25) is 5.91 Å². The maximum absolute atomic E-state index is 13.1. The van der Waals surface area contributed by atoms with Gasteiger partial charge in [0.15, 0.2) is 5.16 Å². The summed E-state index contributed by atoms with van der Waals surface area (Å²) in [5.74, 6) is 0.355. The molecule has 0 fully saturated rings. The van der Waals surface area contributed by atoms with Gasteiger partial charge in [-0.15, -0.1) is 10.2 Å². The summed E-state index contributed by atoms with van der Waals surface area (Å²) in [6, 6.07) is 14.0. The average molecular weight is 399 g/mol. The van der Waals surface area contributed by atoms with Gasteiger partial charge in [0.1, 0.15) is 11.6 Å². The molecule has 1 aromatic heterocycles. The molecule has 2 aromatic carbocycles. The molecule has 28 heavy (non-hydrogen) atoms. The Kier molecular flexibility index (Phi) is 6.14. The maximum Gasteiger partial charge on any atom is 0.233 e. The minimum atomic E-state index is -0.365. The summed E-state index contributed by atoms with van der Waals surface area (Å²) in [4.78, 5) is 12.6. The van der Waals surface area contributed by atoms with Crippen molar-refractivity contribution >= 4 is 17.7 Å².